The standard InChI is InChI=1S/C13H30N2/c1-6-12(7-2)9-15(8-3)11-13(4,5)10-14/h12H,6-11,14H2,1-5H3. The fourth-order valence-electron chi connectivity index (χ4n) is 1.89. The Bertz CT molecular complexity index is 151. The molecule has 0 aromatic carbocycles. The van der Waals surface area contributed by atoms with E-state index in [0.29, 0.717) is 0 Å². The first-order chi connectivity index (χ1) is 6.99. The van der Waals surface area contributed by atoms with Crippen molar-refractivity contribution in [2.45, 2.75) is 47.5 Å². The number of hydrogen-bond acceptors (Lipinski definition) is 2. The van der Waals surface area contributed by atoms with Gasteiger partial charge in [0, 0.05) is 13.1 Å². The Morgan fingerprint density at radius 1 is 1.13 bits per heavy atom. The molecule has 0 radical (unpaired) electrons. The summed E-state index contributed by atoms with van der Waals surface area (Å²) in [7, 11) is 0. The SMILES string of the molecule is CCC(CC)CN(CC)CC(C)(C)CN. The van der Waals surface area contributed by atoms with Crippen molar-refractivity contribution < 1.29 is 0 Å². The minimum absolute atomic E-state index is 0.252. The first-order valence-electron chi connectivity index (χ1n) is 6.41. The van der Waals surface area contributed by atoms with Gasteiger partial charge in [0.15, 0.2) is 0 Å². The third-order valence-electron chi connectivity index (χ3n) is 3.32. The molecule has 0 aromatic rings. The molecule has 0 atom stereocenters. The molecular weight excluding hydrogens is 184 g/mol. The molecule has 0 heterocycles. The van der Waals surface area contributed by atoms with Crippen molar-refractivity contribution >= 4 is 0 Å². The van der Waals surface area contributed by atoms with Gasteiger partial charge in [-0.1, -0.05) is 47.5 Å². The molecule has 0 unspecified atom stereocenters. The van der Waals surface area contributed by atoms with Gasteiger partial charge in [0.2, 0.25) is 0 Å². The van der Waals surface area contributed by atoms with Crippen LogP contribution in [-0.2, 0) is 0 Å². The predicted molar refractivity (Wildman–Crippen MR) is 69.0 cm³/mol. The highest BCUT2D eigenvalue weighted by molar-refractivity contribution is 4.75. The number of hydrogen-bond donors (Lipinski definition) is 1. The Balaban J connectivity index is 4.13. The lowest BCUT2D eigenvalue weighted by atomic mass is 9.92. The lowest BCUT2D eigenvalue weighted by Crippen LogP contribution is -2.40. The molecule has 2 nitrogen and oxygen atoms in total. The summed E-state index contributed by atoms with van der Waals surface area (Å²) in [4.78, 5) is 2.55. The van der Waals surface area contributed by atoms with Gasteiger partial charge in [-0.15, -0.1) is 0 Å². The van der Waals surface area contributed by atoms with E-state index in [1.165, 1.54) is 19.4 Å². The summed E-state index contributed by atoms with van der Waals surface area (Å²) in [5, 5.41) is 0. The monoisotopic (exact) mass is 214 g/mol. The molecule has 0 saturated carbocycles. The fraction of sp³-hybridized carbons (Fsp3) is 1.00. The third kappa shape index (κ3) is 6.16. The first kappa shape index (κ1) is 14.9. The number of nitrogens with two attached hydrogens (primary N) is 1. The quantitative estimate of drug-likeness (QED) is 0.673. The van der Waals surface area contributed by atoms with Gasteiger partial charge in [-0.25, -0.2) is 0 Å². The maximum atomic E-state index is 5.78. The topological polar surface area (TPSA) is 29.3 Å². The fourth-order valence-corrected chi connectivity index (χ4v) is 1.89. The molecule has 0 spiro atoms. The Morgan fingerprint density at radius 3 is 2.00 bits per heavy atom. The summed E-state index contributed by atoms with van der Waals surface area (Å²) >= 11 is 0. The van der Waals surface area contributed by atoms with Crippen LogP contribution in [-0.4, -0.2) is 31.1 Å². The zero-order chi connectivity index (χ0) is 11.9. The molecule has 0 aliphatic rings. The Kier molecular flexibility index (Phi) is 7.20. The van der Waals surface area contributed by atoms with Gasteiger partial charge in [-0.2, -0.15) is 0 Å². The van der Waals surface area contributed by atoms with Crippen LogP contribution in [0.5, 0.6) is 0 Å². The maximum absolute atomic E-state index is 5.78. The van der Waals surface area contributed by atoms with E-state index in [4.69, 9.17) is 5.73 Å². The Hall–Kier alpha value is -0.0800. The lowest BCUT2D eigenvalue weighted by molar-refractivity contribution is 0.163. The van der Waals surface area contributed by atoms with Crippen LogP contribution in [0, 0.1) is 11.3 Å². The van der Waals surface area contributed by atoms with E-state index in [1.54, 1.807) is 0 Å². The van der Waals surface area contributed by atoms with Crippen LogP contribution in [0.15, 0.2) is 0 Å². The average Bonchev–Trinajstić information content (AvgIpc) is 2.24. The molecule has 0 aliphatic heterocycles. The molecular formula is C13H30N2. The number of rotatable bonds is 8. The third-order valence-corrected chi connectivity index (χ3v) is 3.32. The predicted octanol–water partition coefficient (Wildman–Crippen LogP) is 2.73. The van der Waals surface area contributed by atoms with Crippen molar-refractivity contribution in [1.29, 1.82) is 0 Å². The zero-order valence-corrected chi connectivity index (χ0v) is 11.3. The van der Waals surface area contributed by atoms with Crippen LogP contribution in [0.25, 0.3) is 0 Å². The molecule has 0 amide bonds. The van der Waals surface area contributed by atoms with Crippen LogP contribution >= 0.6 is 0 Å². The minimum Gasteiger partial charge on any atom is -0.330 e. The Labute approximate surface area is 96.2 Å². The van der Waals surface area contributed by atoms with Crippen molar-refractivity contribution in [2.75, 3.05) is 26.2 Å². The van der Waals surface area contributed by atoms with Crippen LogP contribution < -0.4 is 5.73 Å². The molecule has 0 fully saturated rings. The van der Waals surface area contributed by atoms with Crippen LogP contribution in [0.2, 0.25) is 0 Å². The summed E-state index contributed by atoms with van der Waals surface area (Å²) in [5.74, 6) is 0.846. The second-order valence-corrected chi connectivity index (χ2v) is 5.38. The second-order valence-electron chi connectivity index (χ2n) is 5.38. The molecule has 0 bridgehead atoms. The van der Waals surface area contributed by atoms with E-state index < -0.39 is 0 Å². The molecule has 0 aliphatic carbocycles. The summed E-state index contributed by atoms with van der Waals surface area (Å²) in [6.45, 7) is 15.6. The van der Waals surface area contributed by atoms with Crippen molar-refractivity contribution in [3.05, 3.63) is 0 Å². The maximum Gasteiger partial charge on any atom is 0.00447 e. The lowest BCUT2D eigenvalue weighted by Gasteiger charge is -2.33. The minimum atomic E-state index is 0.252. The van der Waals surface area contributed by atoms with Crippen molar-refractivity contribution in [3.8, 4) is 0 Å². The van der Waals surface area contributed by atoms with Crippen molar-refractivity contribution in [3.63, 3.8) is 0 Å². The smallest absolute Gasteiger partial charge is 0.00447 e. The molecule has 92 valence electrons. The van der Waals surface area contributed by atoms with E-state index in [9.17, 15) is 0 Å². The normalized spacial score (nSPS) is 12.8. The van der Waals surface area contributed by atoms with Crippen LogP contribution in [0.3, 0.4) is 0 Å². The highest BCUT2D eigenvalue weighted by Gasteiger charge is 2.20. The molecule has 0 aromatic heterocycles. The van der Waals surface area contributed by atoms with Crippen molar-refractivity contribution in [1.82, 2.24) is 4.90 Å². The highest BCUT2D eigenvalue weighted by atomic mass is 15.1. The van der Waals surface area contributed by atoms with E-state index in [2.05, 4.69) is 39.5 Å². The average molecular weight is 214 g/mol. The first-order valence-corrected chi connectivity index (χ1v) is 6.41. The molecule has 0 rings (SSSR count). The van der Waals surface area contributed by atoms with Gasteiger partial charge >= 0.3 is 0 Å². The van der Waals surface area contributed by atoms with E-state index in [1.807, 2.05) is 0 Å². The van der Waals surface area contributed by atoms with Gasteiger partial charge in [0.25, 0.3) is 0 Å². The number of nitrogens with zero attached hydrogens (tertiary/aromatic N) is 1. The van der Waals surface area contributed by atoms with E-state index in [-0.39, 0.29) is 5.41 Å². The van der Waals surface area contributed by atoms with Gasteiger partial charge in [-0.05, 0) is 24.4 Å². The summed E-state index contributed by atoms with van der Waals surface area (Å²) < 4.78 is 0. The summed E-state index contributed by atoms with van der Waals surface area (Å²) in [5.41, 5.74) is 6.03. The van der Waals surface area contributed by atoms with Crippen LogP contribution in [0.4, 0.5) is 0 Å². The van der Waals surface area contributed by atoms with E-state index >= 15 is 0 Å². The highest BCUT2D eigenvalue weighted by Crippen LogP contribution is 2.17. The zero-order valence-electron chi connectivity index (χ0n) is 11.3. The molecule has 2 N–H and O–H groups in total. The van der Waals surface area contributed by atoms with Gasteiger partial charge in [0.1, 0.15) is 0 Å². The summed E-state index contributed by atoms with van der Waals surface area (Å²) in [6, 6.07) is 0. The van der Waals surface area contributed by atoms with Crippen molar-refractivity contribution in [2.24, 2.45) is 17.1 Å². The largest absolute Gasteiger partial charge is 0.330 e. The second kappa shape index (κ2) is 7.24. The molecule has 2 heteroatoms. The van der Waals surface area contributed by atoms with Gasteiger partial charge in [0.05, 0.1) is 0 Å². The Morgan fingerprint density at radius 2 is 1.67 bits per heavy atom. The van der Waals surface area contributed by atoms with Gasteiger partial charge in [-0.3, -0.25) is 0 Å². The molecule has 15 heavy (non-hydrogen) atoms. The van der Waals surface area contributed by atoms with E-state index in [0.717, 1.165) is 25.6 Å². The van der Waals surface area contributed by atoms with Crippen LogP contribution in [0.1, 0.15) is 47.5 Å². The summed E-state index contributed by atoms with van der Waals surface area (Å²) in [6.07, 6.45) is 2.58. The van der Waals surface area contributed by atoms with Gasteiger partial charge < -0.3 is 10.6 Å². The molecule has 0 saturated heterocycles.